The minimum Gasteiger partial charge on any atom is -0.348 e. The summed E-state index contributed by atoms with van der Waals surface area (Å²) in [6.45, 7) is 0.903. The van der Waals surface area contributed by atoms with E-state index in [0.29, 0.717) is 37.0 Å². The van der Waals surface area contributed by atoms with Crippen molar-refractivity contribution in [2.75, 3.05) is 19.0 Å². The molecule has 4 aromatic rings. The molecule has 0 radical (unpaired) electrons. The Labute approximate surface area is 196 Å². The summed E-state index contributed by atoms with van der Waals surface area (Å²) in [5.74, 6) is -0.154. The second-order valence-corrected chi connectivity index (χ2v) is 8.47. The third-order valence-corrected chi connectivity index (χ3v) is 5.77. The van der Waals surface area contributed by atoms with Gasteiger partial charge in [0.25, 0.3) is 0 Å². The molecule has 0 aliphatic carbocycles. The number of benzene rings is 2. The Kier molecular flexibility index (Phi) is 5.88. The van der Waals surface area contributed by atoms with E-state index < -0.39 is 17.9 Å². The van der Waals surface area contributed by atoms with Gasteiger partial charge in [0.1, 0.15) is 11.7 Å². The molecule has 0 fully saturated rings. The molecule has 0 N–H and O–H groups in total. The van der Waals surface area contributed by atoms with Gasteiger partial charge in [-0.1, -0.05) is 53.5 Å². The maximum atomic E-state index is 13.6. The highest BCUT2D eigenvalue weighted by Gasteiger charge is 2.40. The van der Waals surface area contributed by atoms with Crippen LogP contribution in [0.25, 0.3) is 28.0 Å². The zero-order chi connectivity index (χ0) is 24.1. The molecule has 2 aromatic carbocycles. The lowest BCUT2D eigenvalue weighted by atomic mass is 10.0. The largest absolute Gasteiger partial charge is 0.409 e. The SMILES string of the molecule is CC(n1c(N(C)C)nc2c(-c3ccc(Cl)cc3)c(-c3ccccc3Cl)nn2c1=O)C(F)(F)F. The summed E-state index contributed by atoms with van der Waals surface area (Å²) < 4.78 is 42.3. The van der Waals surface area contributed by atoms with E-state index in [1.165, 1.54) is 19.0 Å². The predicted octanol–water partition coefficient (Wildman–Crippen LogP) is 5.72. The van der Waals surface area contributed by atoms with E-state index in [0.717, 1.165) is 11.4 Å². The van der Waals surface area contributed by atoms with Gasteiger partial charge in [0.2, 0.25) is 5.95 Å². The predicted molar refractivity (Wildman–Crippen MR) is 123 cm³/mol. The Balaban J connectivity index is 2.16. The number of anilines is 1. The molecule has 11 heteroatoms. The number of hydrogen-bond acceptors (Lipinski definition) is 4. The first-order valence-electron chi connectivity index (χ1n) is 9.81. The molecule has 6 nitrogen and oxygen atoms in total. The first-order chi connectivity index (χ1) is 15.5. The highest BCUT2D eigenvalue weighted by atomic mass is 35.5. The molecular weight excluding hydrogens is 478 g/mol. The summed E-state index contributed by atoms with van der Waals surface area (Å²) in [7, 11) is 3.04. The molecule has 4 rings (SSSR count). The van der Waals surface area contributed by atoms with Gasteiger partial charge in [-0.25, -0.2) is 4.79 Å². The van der Waals surface area contributed by atoms with E-state index in [1.807, 2.05) is 0 Å². The number of halogens is 5. The van der Waals surface area contributed by atoms with Crippen molar-refractivity contribution in [1.29, 1.82) is 0 Å². The fraction of sp³-hybridized carbons (Fsp3) is 0.227. The van der Waals surface area contributed by atoms with E-state index >= 15 is 0 Å². The molecule has 0 saturated carbocycles. The van der Waals surface area contributed by atoms with E-state index in [2.05, 4.69) is 10.1 Å². The quantitative estimate of drug-likeness (QED) is 0.363. The molecule has 0 aliphatic rings. The van der Waals surface area contributed by atoms with Gasteiger partial charge in [-0.15, -0.1) is 0 Å². The average molecular weight is 496 g/mol. The van der Waals surface area contributed by atoms with Crippen molar-refractivity contribution in [3.05, 3.63) is 69.1 Å². The van der Waals surface area contributed by atoms with Crippen molar-refractivity contribution >= 4 is 34.8 Å². The lowest BCUT2D eigenvalue weighted by molar-refractivity contribution is -0.163. The topological polar surface area (TPSA) is 55.4 Å². The average Bonchev–Trinajstić information content (AvgIpc) is 3.13. The van der Waals surface area contributed by atoms with Crippen LogP contribution in [0.2, 0.25) is 10.0 Å². The van der Waals surface area contributed by atoms with Crippen LogP contribution in [0.1, 0.15) is 13.0 Å². The van der Waals surface area contributed by atoms with Gasteiger partial charge < -0.3 is 4.90 Å². The maximum Gasteiger partial charge on any atom is 0.409 e. The third-order valence-electron chi connectivity index (χ3n) is 5.19. The van der Waals surface area contributed by atoms with Crippen molar-refractivity contribution in [3.8, 4) is 22.4 Å². The van der Waals surface area contributed by atoms with Gasteiger partial charge in [0, 0.05) is 24.7 Å². The molecule has 2 aromatic heterocycles. The number of fused-ring (bicyclic) bond motifs is 1. The molecule has 1 unspecified atom stereocenters. The summed E-state index contributed by atoms with van der Waals surface area (Å²) in [5.41, 5.74) is 1.04. The summed E-state index contributed by atoms with van der Waals surface area (Å²) in [4.78, 5) is 19.2. The van der Waals surface area contributed by atoms with Gasteiger partial charge in [-0.2, -0.15) is 27.8 Å². The van der Waals surface area contributed by atoms with Gasteiger partial charge >= 0.3 is 11.9 Å². The van der Waals surface area contributed by atoms with E-state index in [1.54, 1.807) is 48.5 Å². The fourth-order valence-electron chi connectivity index (χ4n) is 3.51. The van der Waals surface area contributed by atoms with Crippen LogP contribution < -0.4 is 10.6 Å². The molecule has 0 aliphatic heterocycles. The van der Waals surface area contributed by atoms with Gasteiger partial charge in [0.05, 0.1) is 10.6 Å². The van der Waals surface area contributed by atoms with Gasteiger partial charge in [-0.05, 0) is 30.7 Å². The standard InChI is InChI=1S/C22H18Cl2F3N5O/c1-12(22(25,26)27)31-20(30(2)3)28-19-17(13-8-10-14(23)11-9-13)18(29-32(19)21(31)33)15-6-4-5-7-16(15)24/h4-12H,1-3H3. The zero-order valence-corrected chi connectivity index (χ0v) is 19.2. The molecule has 0 amide bonds. The summed E-state index contributed by atoms with van der Waals surface area (Å²) in [5, 5.41) is 5.25. The number of hydrogen-bond donors (Lipinski definition) is 0. The van der Waals surface area contributed by atoms with Crippen LogP contribution in [0.5, 0.6) is 0 Å². The lowest BCUT2D eigenvalue weighted by Crippen LogP contribution is -2.39. The molecule has 172 valence electrons. The smallest absolute Gasteiger partial charge is 0.348 e. The molecule has 0 bridgehead atoms. The number of aromatic nitrogens is 4. The first kappa shape index (κ1) is 23.1. The third kappa shape index (κ3) is 4.06. The van der Waals surface area contributed by atoms with Crippen molar-refractivity contribution in [3.63, 3.8) is 0 Å². The Morgan fingerprint density at radius 3 is 2.24 bits per heavy atom. The van der Waals surface area contributed by atoms with E-state index in [9.17, 15) is 18.0 Å². The van der Waals surface area contributed by atoms with Crippen LogP contribution >= 0.6 is 23.2 Å². The normalized spacial score (nSPS) is 12.8. The number of rotatable bonds is 4. The summed E-state index contributed by atoms with van der Waals surface area (Å²) >= 11 is 12.4. The van der Waals surface area contributed by atoms with Crippen molar-refractivity contribution in [2.45, 2.75) is 19.1 Å². The van der Waals surface area contributed by atoms with Crippen LogP contribution in [0, 0.1) is 0 Å². The highest BCUT2D eigenvalue weighted by molar-refractivity contribution is 6.33. The van der Waals surface area contributed by atoms with Crippen molar-refractivity contribution < 1.29 is 13.2 Å². The van der Waals surface area contributed by atoms with Crippen molar-refractivity contribution in [1.82, 2.24) is 19.2 Å². The van der Waals surface area contributed by atoms with Crippen molar-refractivity contribution in [2.24, 2.45) is 0 Å². The lowest BCUT2D eigenvalue weighted by Gasteiger charge is -2.24. The first-order valence-corrected chi connectivity index (χ1v) is 10.6. The Morgan fingerprint density at radius 1 is 1.03 bits per heavy atom. The van der Waals surface area contributed by atoms with Crippen LogP contribution in [0.15, 0.2) is 53.3 Å². The summed E-state index contributed by atoms with van der Waals surface area (Å²) in [6.07, 6.45) is -4.67. The van der Waals surface area contributed by atoms with Crippen LogP contribution in [-0.2, 0) is 0 Å². The van der Waals surface area contributed by atoms with E-state index in [-0.39, 0.29) is 11.6 Å². The van der Waals surface area contributed by atoms with Gasteiger partial charge in [-0.3, -0.25) is 4.57 Å². The maximum absolute atomic E-state index is 13.6. The Bertz CT molecular complexity index is 1390. The second kappa shape index (κ2) is 8.39. The van der Waals surface area contributed by atoms with Gasteiger partial charge in [0.15, 0.2) is 5.65 Å². The number of nitrogens with zero attached hydrogens (tertiary/aromatic N) is 5. The van der Waals surface area contributed by atoms with Crippen LogP contribution in [-0.4, -0.2) is 39.4 Å². The minimum atomic E-state index is -4.67. The molecule has 0 spiro atoms. The summed E-state index contributed by atoms with van der Waals surface area (Å²) in [6, 6.07) is 11.5. The fourth-order valence-corrected chi connectivity index (χ4v) is 3.86. The monoisotopic (exact) mass is 495 g/mol. The molecule has 1 atom stereocenters. The second-order valence-electron chi connectivity index (χ2n) is 7.62. The Morgan fingerprint density at radius 2 is 1.67 bits per heavy atom. The highest BCUT2D eigenvalue weighted by Crippen LogP contribution is 2.38. The minimum absolute atomic E-state index is 0.103. The Hall–Kier alpha value is -3.04. The zero-order valence-electron chi connectivity index (χ0n) is 17.7. The molecular formula is C22H18Cl2F3N5O. The molecule has 2 heterocycles. The van der Waals surface area contributed by atoms with Crippen LogP contribution in [0.3, 0.4) is 0 Å². The van der Waals surface area contributed by atoms with E-state index in [4.69, 9.17) is 23.2 Å². The molecule has 33 heavy (non-hydrogen) atoms. The van der Waals surface area contributed by atoms with Crippen LogP contribution in [0.4, 0.5) is 19.1 Å². The molecule has 0 saturated heterocycles. The number of alkyl halides is 3.